The van der Waals surface area contributed by atoms with Gasteiger partial charge in [-0.3, -0.25) is 9.69 Å². The fourth-order valence-corrected chi connectivity index (χ4v) is 1.77. The number of nitrogens with two attached hydrogens (primary N) is 1. The molecular weight excluding hydrogens is 254 g/mol. The quantitative estimate of drug-likeness (QED) is 0.561. The first-order chi connectivity index (χ1) is 9.60. The van der Waals surface area contributed by atoms with E-state index in [0.29, 0.717) is 30.2 Å². The van der Waals surface area contributed by atoms with Gasteiger partial charge in [-0.25, -0.2) is 0 Å². The van der Waals surface area contributed by atoms with Gasteiger partial charge in [0.05, 0.1) is 19.3 Å². The summed E-state index contributed by atoms with van der Waals surface area (Å²) in [6.45, 7) is 8.84. The van der Waals surface area contributed by atoms with Gasteiger partial charge in [0, 0.05) is 24.8 Å². The minimum atomic E-state index is -0.128. The van der Waals surface area contributed by atoms with Crippen LogP contribution in [0.3, 0.4) is 0 Å². The zero-order chi connectivity index (χ0) is 15.0. The Morgan fingerprint density at radius 2 is 2.05 bits per heavy atom. The molecule has 0 radical (unpaired) electrons. The van der Waals surface area contributed by atoms with Gasteiger partial charge in [0.2, 0.25) is 5.91 Å². The summed E-state index contributed by atoms with van der Waals surface area (Å²) in [7, 11) is 1.53. The number of carbonyl (C=O) groups is 1. The van der Waals surface area contributed by atoms with E-state index in [1.54, 1.807) is 30.4 Å². The van der Waals surface area contributed by atoms with Gasteiger partial charge in [0.25, 0.3) is 0 Å². The number of benzene rings is 1. The van der Waals surface area contributed by atoms with Crippen LogP contribution in [0.15, 0.2) is 43.5 Å². The van der Waals surface area contributed by atoms with Crippen LogP contribution < -0.4 is 15.8 Å². The molecule has 0 aliphatic rings. The zero-order valence-electron chi connectivity index (χ0n) is 11.8. The Balaban J connectivity index is 2.69. The number of amides is 1. The third kappa shape index (κ3) is 4.78. The average Bonchev–Trinajstić information content (AvgIpc) is 2.41. The summed E-state index contributed by atoms with van der Waals surface area (Å²) < 4.78 is 5.19. The van der Waals surface area contributed by atoms with E-state index < -0.39 is 0 Å². The van der Waals surface area contributed by atoms with Gasteiger partial charge in [0.15, 0.2) is 0 Å². The van der Waals surface area contributed by atoms with Gasteiger partial charge >= 0.3 is 0 Å². The molecule has 1 amide bonds. The van der Waals surface area contributed by atoms with Gasteiger partial charge in [-0.05, 0) is 12.1 Å². The topological polar surface area (TPSA) is 67.6 Å². The number of anilines is 2. The summed E-state index contributed by atoms with van der Waals surface area (Å²) in [6, 6.07) is 5.10. The highest BCUT2D eigenvalue weighted by Crippen LogP contribution is 2.26. The van der Waals surface area contributed by atoms with Gasteiger partial charge < -0.3 is 15.8 Å². The lowest BCUT2D eigenvalue weighted by Crippen LogP contribution is -2.33. The second-order valence-corrected chi connectivity index (χ2v) is 4.28. The van der Waals surface area contributed by atoms with Gasteiger partial charge in [-0.15, -0.1) is 13.2 Å². The molecular formula is C15H21N3O2. The number of nitrogen functional groups attached to an aromatic ring is 1. The fraction of sp³-hybridized carbons (Fsp3) is 0.267. The standard InChI is InChI=1S/C15H21N3O2/c1-4-8-18(9-5-2)11-15(19)17-13-7-6-12(16)10-14(13)20-3/h4-7,10H,1-2,8-9,11,16H2,3H3,(H,17,19). The Kier molecular flexibility index (Phi) is 6.32. The van der Waals surface area contributed by atoms with E-state index in [-0.39, 0.29) is 12.5 Å². The van der Waals surface area contributed by atoms with Crippen molar-refractivity contribution in [3.63, 3.8) is 0 Å². The number of methoxy groups -OCH3 is 1. The smallest absolute Gasteiger partial charge is 0.238 e. The van der Waals surface area contributed by atoms with Gasteiger partial charge in [0.1, 0.15) is 5.75 Å². The lowest BCUT2D eigenvalue weighted by Gasteiger charge is -2.18. The molecule has 0 fully saturated rings. The summed E-state index contributed by atoms with van der Waals surface area (Å²) in [4.78, 5) is 13.9. The molecule has 0 atom stereocenters. The van der Waals surface area contributed by atoms with Crippen LogP contribution in [0.1, 0.15) is 0 Å². The molecule has 0 aliphatic heterocycles. The molecule has 0 spiro atoms. The molecule has 0 unspecified atom stereocenters. The summed E-state index contributed by atoms with van der Waals surface area (Å²) in [5, 5.41) is 2.81. The second-order valence-electron chi connectivity index (χ2n) is 4.28. The first-order valence-electron chi connectivity index (χ1n) is 6.28. The third-order valence-corrected chi connectivity index (χ3v) is 2.64. The summed E-state index contributed by atoms with van der Waals surface area (Å²) in [5.74, 6) is 0.411. The van der Waals surface area contributed by atoms with Crippen molar-refractivity contribution < 1.29 is 9.53 Å². The molecule has 0 aliphatic carbocycles. The van der Waals surface area contributed by atoms with Crippen LogP contribution >= 0.6 is 0 Å². The number of hydrogen-bond donors (Lipinski definition) is 2. The minimum absolute atomic E-state index is 0.128. The molecule has 3 N–H and O–H groups in total. The summed E-state index contributed by atoms with van der Waals surface area (Å²) >= 11 is 0. The number of hydrogen-bond acceptors (Lipinski definition) is 4. The molecule has 1 aromatic rings. The van der Waals surface area contributed by atoms with Crippen LogP contribution in [0.5, 0.6) is 5.75 Å². The molecule has 5 heteroatoms. The van der Waals surface area contributed by atoms with Crippen LogP contribution in [0.4, 0.5) is 11.4 Å². The minimum Gasteiger partial charge on any atom is -0.494 e. The highest BCUT2D eigenvalue weighted by molar-refractivity contribution is 5.94. The second kappa shape index (κ2) is 8.01. The summed E-state index contributed by atoms with van der Waals surface area (Å²) in [6.07, 6.45) is 3.50. The molecule has 108 valence electrons. The van der Waals surface area contributed by atoms with Crippen molar-refractivity contribution in [2.45, 2.75) is 0 Å². The highest BCUT2D eigenvalue weighted by Gasteiger charge is 2.11. The highest BCUT2D eigenvalue weighted by atomic mass is 16.5. The van der Waals surface area contributed by atoms with Crippen molar-refractivity contribution in [2.75, 3.05) is 37.8 Å². The van der Waals surface area contributed by atoms with E-state index >= 15 is 0 Å². The Morgan fingerprint density at radius 1 is 1.40 bits per heavy atom. The van der Waals surface area contributed by atoms with Crippen LogP contribution in [-0.4, -0.2) is 37.6 Å². The van der Waals surface area contributed by atoms with Crippen molar-refractivity contribution in [3.8, 4) is 5.75 Å². The van der Waals surface area contributed by atoms with E-state index in [4.69, 9.17) is 10.5 Å². The number of ether oxygens (including phenoxy) is 1. The van der Waals surface area contributed by atoms with Crippen LogP contribution in [0.2, 0.25) is 0 Å². The number of nitrogens with zero attached hydrogens (tertiary/aromatic N) is 1. The Hall–Kier alpha value is -2.27. The van der Waals surface area contributed by atoms with E-state index in [2.05, 4.69) is 18.5 Å². The van der Waals surface area contributed by atoms with E-state index in [1.807, 2.05) is 4.90 Å². The number of rotatable bonds is 8. The molecule has 0 aromatic heterocycles. The predicted octanol–water partition coefficient (Wildman–Crippen LogP) is 1.89. The van der Waals surface area contributed by atoms with Gasteiger partial charge in [-0.2, -0.15) is 0 Å². The molecule has 0 heterocycles. The lowest BCUT2D eigenvalue weighted by atomic mass is 10.2. The Bertz CT molecular complexity index is 476. The first kappa shape index (κ1) is 15.8. The average molecular weight is 275 g/mol. The van der Waals surface area contributed by atoms with Crippen LogP contribution in [0.25, 0.3) is 0 Å². The van der Waals surface area contributed by atoms with Gasteiger partial charge in [-0.1, -0.05) is 12.2 Å². The maximum atomic E-state index is 12.0. The summed E-state index contributed by atoms with van der Waals surface area (Å²) in [5.41, 5.74) is 6.85. The third-order valence-electron chi connectivity index (χ3n) is 2.64. The zero-order valence-corrected chi connectivity index (χ0v) is 11.8. The molecule has 1 aromatic carbocycles. The molecule has 0 saturated heterocycles. The first-order valence-corrected chi connectivity index (χ1v) is 6.28. The number of carbonyl (C=O) groups excluding carboxylic acids is 1. The Morgan fingerprint density at radius 3 is 2.60 bits per heavy atom. The van der Waals surface area contributed by atoms with Crippen LogP contribution in [0, 0.1) is 0 Å². The maximum Gasteiger partial charge on any atom is 0.238 e. The van der Waals surface area contributed by atoms with E-state index in [1.165, 1.54) is 7.11 Å². The molecule has 0 saturated carbocycles. The van der Waals surface area contributed by atoms with Crippen molar-refractivity contribution in [1.29, 1.82) is 0 Å². The molecule has 0 bridgehead atoms. The molecule has 5 nitrogen and oxygen atoms in total. The van der Waals surface area contributed by atoms with Crippen molar-refractivity contribution >= 4 is 17.3 Å². The Labute approximate surface area is 119 Å². The normalized spacial score (nSPS) is 10.1. The number of nitrogens with one attached hydrogen (secondary N) is 1. The SMILES string of the molecule is C=CCN(CC=C)CC(=O)Nc1ccc(N)cc1OC. The largest absolute Gasteiger partial charge is 0.494 e. The maximum absolute atomic E-state index is 12.0. The molecule has 1 rings (SSSR count). The van der Waals surface area contributed by atoms with Crippen molar-refractivity contribution in [1.82, 2.24) is 4.90 Å². The van der Waals surface area contributed by atoms with Crippen LogP contribution in [-0.2, 0) is 4.79 Å². The monoisotopic (exact) mass is 275 g/mol. The fourth-order valence-electron chi connectivity index (χ4n) is 1.77. The van der Waals surface area contributed by atoms with E-state index in [9.17, 15) is 4.79 Å². The lowest BCUT2D eigenvalue weighted by molar-refractivity contribution is -0.117. The van der Waals surface area contributed by atoms with Crippen molar-refractivity contribution in [2.24, 2.45) is 0 Å². The predicted molar refractivity (Wildman–Crippen MR) is 82.9 cm³/mol. The van der Waals surface area contributed by atoms with Crippen molar-refractivity contribution in [3.05, 3.63) is 43.5 Å². The molecule has 20 heavy (non-hydrogen) atoms. The van der Waals surface area contributed by atoms with E-state index in [0.717, 1.165) is 0 Å².